The smallest absolute Gasteiger partial charge is 0.0859 e. The van der Waals surface area contributed by atoms with E-state index >= 15 is 0 Å². The van der Waals surface area contributed by atoms with Crippen LogP contribution in [0.4, 0.5) is 0 Å². The highest BCUT2D eigenvalue weighted by molar-refractivity contribution is 6.71. The summed E-state index contributed by atoms with van der Waals surface area (Å²) < 4.78 is 0. The quantitative estimate of drug-likeness (QED) is 0.485. The molecule has 1 unspecified atom stereocenters. The van der Waals surface area contributed by atoms with Crippen molar-refractivity contribution in [3.63, 3.8) is 0 Å². The summed E-state index contributed by atoms with van der Waals surface area (Å²) in [6.07, 6.45) is 2.34. The molecule has 0 aliphatic carbocycles. The molecule has 1 atom stereocenters. The molecule has 0 saturated heterocycles. The van der Waals surface area contributed by atoms with Gasteiger partial charge in [-0.1, -0.05) is 44.3 Å². The Labute approximate surface area is 71.6 Å². The molecule has 0 aromatic rings. The highest BCUT2D eigenvalue weighted by Gasteiger charge is 2.22. The third-order valence-corrected chi connectivity index (χ3v) is 4.91. The van der Waals surface area contributed by atoms with E-state index in [0.29, 0.717) is 5.41 Å². The van der Waals surface area contributed by atoms with E-state index in [0.717, 1.165) is 0 Å². The maximum Gasteiger partial charge on any atom is 0.0859 e. The van der Waals surface area contributed by atoms with Crippen molar-refractivity contribution in [1.82, 2.24) is 0 Å². The van der Waals surface area contributed by atoms with E-state index in [4.69, 9.17) is 0 Å². The van der Waals surface area contributed by atoms with Crippen molar-refractivity contribution < 1.29 is 0 Å². The molecule has 0 nitrogen and oxygen atoms in total. The Morgan fingerprint density at radius 3 is 2.00 bits per heavy atom. The summed E-state index contributed by atoms with van der Waals surface area (Å²) >= 11 is 0. The highest BCUT2D eigenvalue weighted by Crippen LogP contribution is 2.33. The van der Waals surface area contributed by atoms with E-state index in [1.165, 1.54) is 0 Å². The van der Waals surface area contributed by atoms with Crippen LogP contribution in [0.15, 0.2) is 22.5 Å². The Morgan fingerprint density at radius 1 is 1.27 bits per heavy atom. The molecule has 0 aromatic carbocycles. The predicted molar refractivity (Wildman–Crippen MR) is 54.3 cm³/mol. The molecule has 0 aromatic heterocycles. The molecule has 0 saturated carbocycles. The Balaban J connectivity index is 2.98. The SMILES string of the molecule is CC1=C(C(C)(C)C)C=C[SiH]1C. The van der Waals surface area contributed by atoms with Gasteiger partial charge in [0.2, 0.25) is 0 Å². The average Bonchev–Trinajstić information content (AvgIpc) is 2.11. The summed E-state index contributed by atoms with van der Waals surface area (Å²) in [6.45, 7) is 11.6. The minimum atomic E-state index is -0.602. The van der Waals surface area contributed by atoms with Crippen LogP contribution in [0, 0.1) is 5.41 Å². The van der Waals surface area contributed by atoms with Gasteiger partial charge in [-0.15, -0.1) is 0 Å². The second-order valence-corrected chi connectivity index (χ2v) is 7.32. The van der Waals surface area contributed by atoms with Crippen LogP contribution in [0.5, 0.6) is 0 Å². The summed E-state index contributed by atoms with van der Waals surface area (Å²) in [6, 6.07) is 0. The molecule has 0 radical (unpaired) electrons. The van der Waals surface area contributed by atoms with E-state index < -0.39 is 8.80 Å². The summed E-state index contributed by atoms with van der Waals surface area (Å²) in [4.78, 5) is 0. The molecular weight excluding hydrogens is 148 g/mol. The molecule has 0 bridgehead atoms. The van der Waals surface area contributed by atoms with E-state index in [1.807, 2.05) is 0 Å². The summed E-state index contributed by atoms with van der Waals surface area (Å²) in [5.41, 5.74) is 4.37. The van der Waals surface area contributed by atoms with Crippen LogP contribution >= 0.6 is 0 Å². The Kier molecular flexibility index (Phi) is 2.10. The normalized spacial score (nSPS) is 25.0. The summed E-state index contributed by atoms with van der Waals surface area (Å²) in [5.74, 6) is 0. The van der Waals surface area contributed by atoms with Gasteiger partial charge in [0.05, 0.1) is 8.80 Å². The van der Waals surface area contributed by atoms with Crippen molar-refractivity contribution in [2.24, 2.45) is 5.41 Å². The molecule has 0 spiro atoms. The lowest BCUT2D eigenvalue weighted by molar-refractivity contribution is 0.515. The van der Waals surface area contributed by atoms with Crippen molar-refractivity contribution in [1.29, 1.82) is 0 Å². The first-order valence-electron chi connectivity index (χ1n) is 4.32. The van der Waals surface area contributed by atoms with Gasteiger partial charge in [0.1, 0.15) is 0 Å². The number of hydrogen-bond acceptors (Lipinski definition) is 0. The zero-order valence-corrected chi connectivity index (χ0v) is 9.39. The van der Waals surface area contributed by atoms with Crippen LogP contribution in [-0.4, -0.2) is 8.80 Å². The average molecular weight is 166 g/mol. The minimum absolute atomic E-state index is 0.359. The monoisotopic (exact) mass is 166 g/mol. The van der Waals surface area contributed by atoms with Crippen molar-refractivity contribution in [3.05, 3.63) is 22.5 Å². The molecular formula is C10H18Si. The Hall–Kier alpha value is -0.303. The molecule has 1 rings (SSSR count). The first-order chi connectivity index (χ1) is 4.93. The third kappa shape index (κ3) is 1.64. The van der Waals surface area contributed by atoms with Gasteiger partial charge >= 0.3 is 0 Å². The zero-order valence-electron chi connectivity index (χ0n) is 8.23. The van der Waals surface area contributed by atoms with Gasteiger partial charge < -0.3 is 0 Å². The van der Waals surface area contributed by atoms with Crippen molar-refractivity contribution in [2.75, 3.05) is 0 Å². The van der Waals surface area contributed by atoms with Crippen LogP contribution in [0.3, 0.4) is 0 Å². The molecule has 1 aliphatic rings. The van der Waals surface area contributed by atoms with Gasteiger partial charge in [-0.2, -0.15) is 0 Å². The predicted octanol–water partition coefficient (Wildman–Crippen LogP) is 2.85. The fourth-order valence-corrected chi connectivity index (χ4v) is 3.39. The third-order valence-electron chi connectivity index (χ3n) is 2.47. The number of hydrogen-bond donors (Lipinski definition) is 0. The van der Waals surface area contributed by atoms with Gasteiger partial charge in [0.25, 0.3) is 0 Å². The number of allylic oxidation sites excluding steroid dienone is 3. The Morgan fingerprint density at radius 2 is 1.82 bits per heavy atom. The second kappa shape index (κ2) is 2.63. The van der Waals surface area contributed by atoms with Gasteiger partial charge in [0, 0.05) is 0 Å². The van der Waals surface area contributed by atoms with Gasteiger partial charge in [-0.05, 0) is 17.9 Å². The van der Waals surface area contributed by atoms with E-state index in [2.05, 4.69) is 46.0 Å². The molecule has 1 heteroatoms. The molecule has 0 fully saturated rings. The van der Waals surface area contributed by atoms with Crippen molar-refractivity contribution in [3.8, 4) is 0 Å². The van der Waals surface area contributed by atoms with Crippen molar-refractivity contribution in [2.45, 2.75) is 34.2 Å². The molecule has 1 heterocycles. The fourth-order valence-electron chi connectivity index (χ4n) is 1.60. The Bertz CT molecular complexity index is 216. The number of rotatable bonds is 0. The van der Waals surface area contributed by atoms with Crippen LogP contribution in [-0.2, 0) is 0 Å². The van der Waals surface area contributed by atoms with Crippen LogP contribution in [0.2, 0.25) is 6.55 Å². The molecule has 62 valence electrons. The first kappa shape index (κ1) is 8.79. The molecule has 0 N–H and O–H groups in total. The zero-order chi connectivity index (χ0) is 8.65. The van der Waals surface area contributed by atoms with E-state index in [-0.39, 0.29) is 0 Å². The molecule has 11 heavy (non-hydrogen) atoms. The lowest BCUT2D eigenvalue weighted by Gasteiger charge is -2.21. The maximum atomic E-state index is 2.43. The first-order valence-corrected chi connectivity index (χ1v) is 6.72. The lowest BCUT2D eigenvalue weighted by atomic mass is 9.86. The fraction of sp³-hybridized carbons (Fsp3) is 0.600. The van der Waals surface area contributed by atoms with Gasteiger partial charge in [-0.3, -0.25) is 0 Å². The maximum absolute atomic E-state index is 2.43. The van der Waals surface area contributed by atoms with E-state index in [9.17, 15) is 0 Å². The van der Waals surface area contributed by atoms with Crippen LogP contribution in [0.25, 0.3) is 0 Å². The van der Waals surface area contributed by atoms with Crippen molar-refractivity contribution >= 4 is 8.80 Å². The van der Waals surface area contributed by atoms with Crippen LogP contribution in [0.1, 0.15) is 27.7 Å². The molecule has 1 aliphatic heterocycles. The summed E-state index contributed by atoms with van der Waals surface area (Å²) in [5, 5.41) is 1.68. The molecule has 0 amide bonds. The standard InChI is InChI=1S/C10H18Si/c1-8-9(10(2,3)4)6-7-11(8)5/h6-7,11H,1-5H3. The second-order valence-electron chi connectivity index (χ2n) is 4.49. The minimum Gasteiger partial charge on any atom is -0.0932 e. The lowest BCUT2D eigenvalue weighted by Crippen LogP contribution is -2.11. The summed E-state index contributed by atoms with van der Waals surface area (Å²) in [7, 11) is -0.602. The van der Waals surface area contributed by atoms with Gasteiger partial charge in [-0.25, -0.2) is 0 Å². The topological polar surface area (TPSA) is 0 Å². The largest absolute Gasteiger partial charge is 0.0932 e. The van der Waals surface area contributed by atoms with E-state index in [1.54, 1.807) is 10.8 Å². The van der Waals surface area contributed by atoms with Gasteiger partial charge in [0.15, 0.2) is 0 Å². The van der Waals surface area contributed by atoms with Crippen LogP contribution < -0.4 is 0 Å². The highest BCUT2D eigenvalue weighted by atomic mass is 28.3.